The zero-order valence-electron chi connectivity index (χ0n) is 11.9. The Kier molecular flexibility index (Phi) is 4.41. The summed E-state index contributed by atoms with van der Waals surface area (Å²) in [7, 11) is 0. The predicted octanol–water partition coefficient (Wildman–Crippen LogP) is 3.00. The van der Waals surface area contributed by atoms with Crippen molar-refractivity contribution in [2.45, 2.75) is 45.2 Å². The molecule has 1 saturated heterocycles. The van der Waals surface area contributed by atoms with E-state index in [1.165, 1.54) is 24.9 Å². The van der Waals surface area contributed by atoms with Gasteiger partial charge in [0.2, 0.25) is 0 Å². The molecule has 2 heteroatoms. The van der Waals surface area contributed by atoms with E-state index in [1.807, 2.05) is 0 Å². The van der Waals surface area contributed by atoms with Crippen LogP contribution in [-0.4, -0.2) is 30.6 Å². The van der Waals surface area contributed by atoms with Crippen molar-refractivity contribution in [3.63, 3.8) is 0 Å². The number of benzene rings is 1. The van der Waals surface area contributed by atoms with Crippen molar-refractivity contribution in [1.82, 2.24) is 10.2 Å². The van der Waals surface area contributed by atoms with E-state index < -0.39 is 0 Å². The minimum absolute atomic E-state index is 0.134. The van der Waals surface area contributed by atoms with Crippen LogP contribution in [0.1, 0.15) is 39.2 Å². The lowest BCUT2D eigenvalue weighted by molar-refractivity contribution is 0.0765. The summed E-state index contributed by atoms with van der Waals surface area (Å²) >= 11 is 0. The molecule has 1 atom stereocenters. The van der Waals surface area contributed by atoms with E-state index in [0.29, 0.717) is 6.04 Å². The molecule has 0 aliphatic carbocycles. The number of hydrogen-bond acceptors (Lipinski definition) is 2. The van der Waals surface area contributed by atoms with Gasteiger partial charge in [0.1, 0.15) is 0 Å². The van der Waals surface area contributed by atoms with Gasteiger partial charge in [-0.1, -0.05) is 37.3 Å². The summed E-state index contributed by atoms with van der Waals surface area (Å²) in [6.07, 6.45) is 2.61. The second kappa shape index (κ2) is 5.85. The van der Waals surface area contributed by atoms with Gasteiger partial charge in [0.05, 0.1) is 0 Å². The number of hydrogen-bond donors (Lipinski definition) is 1. The topological polar surface area (TPSA) is 15.3 Å². The maximum atomic E-state index is 3.60. The van der Waals surface area contributed by atoms with Gasteiger partial charge in [0.15, 0.2) is 0 Å². The van der Waals surface area contributed by atoms with Crippen molar-refractivity contribution in [1.29, 1.82) is 0 Å². The Bertz CT molecular complexity index is 357. The predicted molar refractivity (Wildman–Crippen MR) is 77.7 cm³/mol. The number of piperidine rings is 1. The van der Waals surface area contributed by atoms with Gasteiger partial charge in [0.25, 0.3) is 0 Å². The van der Waals surface area contributed by atoms with Crippen LogP contribution in [-0.2, 0) is 5.54 Å². The maximum absolute atomic E-state index is 3.60. The Labute approximate surface area is 111 Å². The molecule has 1 aliphatic heterocycles. The minimum Gasteiger partial charge on any atom is -0.313 e. The number of rotatable bonds is 4. The average Bonchev–Trinajstić information content (AvgIpc) is 2.40. The van der Waals surface area contributed by atoms with Gasteiger partial charge in [-0.05, 0) is 45.3 Å². The summed E-state index contributed by atoms with van der Waals surface area (Å²) in [6.45, 7) is 10.3. The van der Waals surface area contributed by atoms with E-state index >= 15 is 0 Å². The highest BCUT2D eigenvalue weighted by molar-refractivity contribution is 5.23. The van der Waals surface area contributed by atoms with Crippen molar-refractivity contribution in [3.8, 4) is 0 Å². The lowest BCUT2D eigenvalue weighted by atomic mass is 9.89. The van der Waals surface area contributed by atoms with E-state index in [0.717, 1.165) is 13.1 Å². The quantitative estimate of drug-likeness (QED) is 0.878. The second-order valence-electron chi connectivity index (χ2n) is 5.77. The van der Waals surface area contributed by atoms with Crippen LogP contribution in [0.4, 0.5) is 0 Å². The summed E-state index contributed by atoms with van der Waals surface area (Å²) < 4.78 is 0. The fourth-order valence-electron chi connectivity index (χ4n) is 2.97. The third-order valence-electron chi connectivity index (χ3n) is 4.18. The molecule has 1 fully saturated rings. The smallest absolute Gasteiger partial charge is 0.0405 e. The highest BCUT2D eigenvalue weighted by Crippen LogP contribution is 2.30. The summed E-state index contributed by atoms with van der Waals surface area (Å²) in [5.74, 6) is 0. The number of likely N-dealkylation sites (tertiary alicyclic amines) is 1. The molecule has 18 heavy (non-hydrogen) atoms. The SMILES string of the molecule is CCNC1CCCN(C(C)(C)c2ccccc2)C1. The normalized spacial score (nSPS) is 22.1. The van der Waals surface area contributed by atoms with Crippen LogP contribution in [0.3, 0.4) is 0 Å². The van der Waals surface area contributed by atoms with Crippen molar-refractivity contribution in [3.05, 3.63) is 35.9 Å². The van der Waals surface area contributed by atoms with Crippen molar-refractivity contribution in [2.24, 2.45) is 0 Å². The molecule has 1 heterocycles. The van der Waals surface area contributed by atoms with E-state index in [-0.39, 0.29) is 5.54 Å². The first-order valence-electron chi connectivity index (χ1n) is 7.18. The van der Waals surface area contributed by atoms with Crippen LogP contribution in [0.15, 0.2) is 30.3 Å². The van der Waals surface area contributed by atoms with Crippen LogP contribution >= 0.6 is 0 Å². The molecule has 0 aromatic heterocycles. The van der Waals surface area contributed by atoms with Crippen LogP contribution in [0.25, 0.3) is 0 Å². The molecule has 1 aromatic carbocycles. The van der Waals surface area contributed by atoms with E-state index in [4.69, 9.17) is 0 Å². The molecule has 0 radical (unpaired) electrons. The molecule has 1 N–H and O–H groups in total. The first kappa shape index (κ1) is 13.6. The third-order valence-corrected chi connectivity index (χ3v) is 4.18. The van der Waals surface area contributed by atoms with Gasteiger partial charge in [-0.15, -0.1) is 0 Å². The van der Waals surface area contributed by atoms with Gasteiger partial charge < -0.3 is 5.32 Å². The molecular weight excluding hydrogens is 220 g/mol. The number of nitrogens with one attached hydrogen (secondary N) is 1. The van der Waals surface area contributed by atoms with Gasteiger partial charge in [-0.2, -0.15) is 0 Å². The van der Waals surface area contributed by atoms with Crippen LogP contribution in [0.2, 0.25) is 0 Å². The Morgan fingerprint density at radius 3 is 2.67 bits per heavy atom. The first-order valence-corrected chi connectivity index (χ1v) is 7.18. The summed E-state index contributed by atoms with van der Waals surface area (Å²) in [4.78, 5) is 2.62. The summed E-state index contributed by atoms with van der Waals surface area (Å²) in [5.41, 5.74) is 1.55. The highest BCUT2D eigenvalue weighted by atomic mass is 15.2. The monoisotopic (exact) mass is 246 g/mol. The molecule has 0 amide bonds. The van der Waals surface area contributed by atoms with E-state index in [9.17, 15) is 0 Å². The Hall–Kier alpha value is -0.860. The van der Waals surface area contributed by atoms with Crippen molar-refractivity contribution < 1.29 is 0 Å². The molecule has 2 nitrogen and oxygen atoms in total. The molecule has 2 rings (SSSR count). The Balaban J connectivity index is 2.09. The first-order chi connectivity index (χ1) is 8.64. The number of likely N-dealkylation sites (N-methyl/N-ethyl adjacent to an activating group) is 1. The van der Waals surface area contributed by atoms with Crippen LogP contribution in [0.5, 0.6) is 0 Å². The van der Waals surface area contributed by atoms with Crippen molar-refractivity contribution >= 4 is 0 Å². The standard InChI is InChI=1S/C16H26N2/c1-4-17-15-11-8-12-18(13-15)16(2,3)14-9-6-5-7-10-14/h5-7,9-10,15,17H,4,8,11-13H2,1-3H3. The van der Waals surface area contributed by atoms with Crippen molar-refractivity contribution in [2.75, 3.05) is 19.6 Å². The molecule has 1 unspecified atom stereocenters. The second-order valence-corrected chi connectivity index (χ2v) is 5.77. The molecule has 1 aliphatic rings. The number of nitrogens with zero attached hydrogens (tertiary/aromatic N) is 1. The largest absolute Gasteiger partial charge is 0.313 e. The van der Waals surface area contributed by atoms with Gasteiger partial charge in [-0.3, -0.25) is 4.90 Å². The molecule has 0 saturated carbocycles. The van der Waals surface area contributed by atoms with Crippen LogP contribution < -0.4 is 5.32 Å². The molecular formula is C16H26N2. The average molecular weight is 246 g/mol. The zero-order chi connectivity index (χ0) is 13.0. The molecule has 1 aromatic rings. The molecule has 0 bridgehead atoms. The molecule has 100 valence electrons. The Morgan fingerprint density at radius 1 is 1.28 bits per heavy atom. The van der Waals surface area contributed by atoms with Crippen LogP contribution in [0, 0.1) is 0 Å². The lowest BCUT2D eigenvalue weighted by Gasteiger charge is -2.44. The maximum Gasteiger partial charge on any atom is 0.0405 e. The fourth-order valence-corrected chi connectivity index (χ4v) is 2.97. The summed E-state index contributed by atoms with van der Waals surface area (Å²) in [6, 6.07) is 11.5. The zero-order valence-corrected chi connectivity index (χ0v) is 11.9. The fraction of sp³-hybridized carbons (Fsp3) is 0.625. The summed E-state index contributed by atoms with van der Waals surface area (Å²) in [5, 5.41) is 3.60. The Morgan fingerprint density at radius 2 is 2.00 bits per heavy atom. The van der Waals surface area contributed by atoms with Gasteiger partial charge >= 0.3 is 0 Å². The van der Waals surface area contributed by atoms with E-state index in [1.54, 1.807) is 0 Å². The van der Waals surface area contributed by atoms with Gasteiger partial charge in [-0.25, -0.2) is 0 Å². The minimum atomic E-state index is 0.134. The molecule has 0 spiro atoms. The lowest BCUT2D eigenvalue weighted by Crippen LogP contribution is -2.52. The third kappa shape index (κ3) is 2.93. The van der Waals surface area contributed by atoms with Gasteiger partial charge in [0, 0.05) is 18.1 Å². The highest BCUT2D eigenvalue weighted by Gasteiger charge is 2.32. The van der Waals surface area contributed by atoms with E-state index in [2.05, 4.69) is 61.3 Å².